The van der Waals surface area contributed by atoms with Crippen LogP contribution in [-0.2, 0) is 14.8 Å². The van der Waals surface area contributed by atoms with E-state index in [2.05, 4.69) is 17.0 Å². The third-order valence-electron chi connectivity index (χ3n) is 4.98. The van der Waals surface area contributed by atoms with Gasteiger partial charge < -0.3 is 5.32 Å². The fraction of sp³-hybridized carbons (Fsp3) is 0.632. The Balaban J connectivity index is 1.94. The van der Waals surface area contributed by atoms with Gasteiger partial charge in [0.25, 0.3) is 0 Å². The molecule has 0 saturated heterocycles. The zero-order chi connectivity index (χ0) is 18.4. The lowest BCUT2D eigenvalue weighted by Gasteiger charge is -2.27. The number of sulfonamides is 1. The lowest BCUT2D eigenvalue weighted by molar-refractivity contribution is -0.121. The van der Waals surface area contributed by atoms with Gasteiger partial charge in [-0.2, -0.15) is 0 Å². The van der Waals surface area contributed by atoms with Gasteiger partial charge in [0.05, 0.1) is 11.9 Å². The molecule has 1 amide bonds. The molecule has 1 aliphatic carbocycles. The molecule has 0 radical (unpaired) electrons. The Labute approximate surface area is 151 Å². The maximum atomic E-state index is 12.5. The van der Waals surface area contributed by atoms with Gasteiger partial charge in [-0.15, -0.1) is 0 Å². The molecule has 1 aromatic carbocycles. The Hall–Kier alpha value is -1.56. The number of carbonyl (C=O) groups excluding carboxylic acids is 1. The standard InChI is InChI=1S/C19H30N2O3S/c1-4-5-6-15-8-10-16(11-9-15)19(22)20-17-12-7-14(2)18(13-17)21-25(3,23)24/h7,12-13,15-16,21H,4-6,8-11H2,1-3H3,(H,20,22). The van der Waals surface area contributed by atoms with E-state index in [-0.39, 0.29) is 11.8 Å². The summed E-state index contributed by atoms with van der Waals surface area (Å²) in [6.45, 7) is 4.05. The molecule has 0 aromatic heterocycles. The number of rotatable bonds is 7. The van der Waals surface area contributed by atoms with E-state index < -0.39 is 10.0 Å². The van der Waals surface area contributed by atoms with Crippen LogP contribution in [-0.4, -0.2) is 20.6 Å². The first-order chi connectivity index (χ1) is 11.8. The maximum Gasteiger partial charge on any atom is 0.229 e. The van der Waals surface area contributed by atoms with Crippen molar-refractivity contribution >= 4 is 27.3 Å². The van der Waals surface area contributed by atoms with Crippen LogP contribution in [0.2, 0.25) is 0 Å². The van der Waals surface area contributed by atoms with Gasteiger partial charge in [-0.25, -0.2) is 8.42 Å². The van der Waals surface area contributed by atoms with Crippen molar-refractivity contribution in [2.45, 2.75) is 58.8 Å². The van der Waals surface area contributed by atoms with Gasteiger partial charge in [-0.05, 0) is 56.2 Å². The van der Waals surface area contributed by atoms with Crippen LogP contribution in [0.1, 0.15) is 57.4 Å². The molecule has 1 aromatic rings. The van der Waals surface area contributed by atoms with Crippen molar-refractivity contribution in [1.29, 1.82) is 0 Å². The highest BCUT2D eigenvalue weighted by Gasteiger charge is 2.26. The monoisotopic (exact) mass is 366 g/mol. The molecule has 5 nitrogen and oxygen atoms in total. The molecule has 0 atom stereocenters. The molecule has 2 rings (SSSR count). The number of anilines is 2. The van der Waals surface area contributed by atoms with Gasteiger partial charge in [0.1, 0.15) is 0 Å². The number of unbranched alkanes of at least 4 members (excludes halogenated alkanes) is 1. The quantitative estimate of drug-likeness (QED) is 0.755. The summed E-state index contributed by atoms with van der Waals surface area (Å²) in [5.41, 5.74) is 1.96. The second-order valence-electron chi connectivity index (χ2n) is 7.25. The van der Waals surface area contributed by atoms with E-state index in [9.17, 15) is 13.2 Å². The molecule has 140 valence electrons. The number of hydrogen-bond donors (Lipinski definition) is 2. The molecule has 0 spiro atoms. The Morgan fingerprint density at radius 1 is 1.20 bits per heavy atom. The minimum absolute atomic E-state index is 0.0445. The van der Waals surface area contributed by atoms with Crippen molar-refractivity contribution in [3.8, 4) is 0 Å². The van der Waals surface area contributed by atoms with E-state index >= 15 is 0 Å². The topological polar surface area (TPSA) is 75.3 Å². The van der Waals surface area contributed by atoms with Crippen molar-refractivity contribution in [2.75, 3.05) is 16.3 Å². The van der Waals surface area contributed by atoms with Gasteiger partial charge in [-0.1, -0.05) is 32.3 Å². The molecule has 2 N–H and O–H groups in total. The van der Waals surface area contributed by atoms with Crippen LogP contribution >= 0.6 is 0 Å². The van der Waals surface area contributed by atoms with Crippen molar-refractivity contribution in [2.24, 2.45) is 11.8 Å². The van der Waals surface area contributed by atoms with Crippen LogP contribution in [0.3, 0.4) is 0 Å². The predicted octanol–water partition coefficient (Wildman–Crippen LogP) is 4.30. The summed E-state index contributed by atoms with van der Waals surface area (Å²) >= 11 is 0. The van der Waals surface area contributed by atoms with Crippen LogP contribution in [0, 0.1) is 18.8 Å². The molecule has 1 aliphatic rings. The lowest BCUT2D eigenvalue weighted by Crippen LogP contribution is -2.27. The summed E-state index contributed by atoms with van der Waals surface area (Å²) in [4.78, 5) is 12.5. The zero-order valence-corrected chi connectivity index (χ0v) is 16.3. The van der Waals surface area contributed by atoms with Gasteiger partial charge in [0.2, 0.25) is 15.9 Å². The number of amides is 1. The number of aryl methyl sites for hydroxylation is 1. The molecular weight excluding hydrogens is 336 g/mol. The normalized spacial score (nSPS) is 20.9. The second kappa shape index (κ2) is 8.70. The summed E-state index contributed by atoms with van der Waals surface area (Å²) in [6, 6.07) is 5.31. The van der Waals surface area contributed by atoms with Crippen LogP contribution < -0.4 is 10.0 Å². The SMILES string of the molecule is CCCCC1CCC(C(=O)Nc2ccc(C)c(NS(C)(=O)=O)c2)CC1. The highest BCUT2D eigenvalue weighted by atomic mass is 32.2. The third kappa shape index (κ3) is 6.34. The summed E-state index contributed by atoms with van der Waals surface area (Å²) in [6.07, 6.45) is 9.07. The predicted molar refractivity (Wildman–Crippen MR) is 103 cm³/mol. The van der Waals surface area contributed by atoms with Crippen molar-refractivity contribution in [3.63, 3.8) is 0 Å². The van der Waals surface area contributed by atoms with E-state index in [1.807, 2.05) is 19.1 Å². The van der Waals surface area contributed by atoms with Crippen molar-refractivity contribution in [1.82, 2.24) is 0 Å². The Bertz CT molecular complexity index is 693. The molecule has 0 unspecified atom stereocenters. The molecule has 0 aliphatic heterocycles. The Morgan fingerprint density at radius 3 is 2.48 bits per heavy atom. The van der Waals surface area contributed by atoms with Crippen LogP contribution in [0.5, 0.6) is 0 Å². The Kier molecular flexibility index (Phi) is 6.87. The molecule has 0 bridgehead atoms. The third-order valence-corrected chi connectivity index (χ3v) is 5.57. The largest absolute Gasteiger partial charge is 0.326 e. The maximum absolute atomic E-state index is 12.5. The van der Waals surface area contributed by atoms with Crippen molar-refractivity contribution < 1.29 is 13.2 Å². The smallest absolute Gasteiger partial charge is 0.229 e. The average Bonchev–Trinajstić information content (AvgIpc) is 2.55. The summed E-state index contributed by atoms with van der Waals surface area (Å²) < 4.78 is 25.4. The molecule has 0 heterocycles. The van der Waals surface area contributed by atoms with E-state index in [1.54, 1.807) is 6.07 Å². The highest BCUT2D eigenvalue weighted by molar-refractivity contribution is 7.92. The van der Waals surface area contributed by atoms with Gasteiger partial charge in [0, 0.05) is 11.6 Å². The van der Waals surface area contributed by atoms with Crippen LogP contribution in [0.25, 0.3) is 0 Å². The first kappa shape index (κ1) is 19.8. The Morgan fingerprint density at radius 2 is 1.88 bits per heavy atom. The van der Waals surface area contributed by atoms with Crippen LogP contribution in [0.15, 0.2) is 18.2 Å². The van der Waals surface area contributed by atoms with E-state index in [4.69, 9.17) is 0 Å². The fourth-order valence-electron chi connectivity index (χ4n) is 3.46. The highest BCUT2D eigenvalue weighted by Crippen LogP contribution is 2.32. The molecule has 1 saturated carbocycles. The van der Waals surface area contributed by atoms with E-state index in [0.717, 1.165) is 43.4 Å². The average molecular weight is 367 g/mol. The van der Waals surface area contributed by atoms with Crippen molar-refractivity contribution in [3.05, 3.63) is 23.8 Å². The first-order valence-electron chi connectivity index (χ1n) is 9.17. The van der Waals surface area contributed by atoms with E-state index in [1.165, 1.54) is 19.3 Å². The molecule has 25 heavy (non-hydrogen) atoms. The van der Waals surface area contributed by atoms with E-state index in [0.29, 0.717) is 11.4 Å². The minimum Gasteiger partial charge on any atom is -0.326 e. The van der Waals surface area contributed by atoms with Gasteiger partial charge in [0.15, 0.2) is 0 Å². The molecular formula is C19H30N2O3S. The van der Waals surface area contributed by atoms with Gasteiger partial charge >= 0.3 is 0 Å². The zero-order valence-electron chi connectivity index (χ0n) is 15.5. The molecule has 6 heteroatoms. The lowest BCUT2D eigenvalue weighted by atomic mass is 9.79. The number of nitrogens with one attached hydrogen (secondary N) is 2. The first-order valence-corrected chi connectivity index (χ1v) is 11.1. The summed E-state index contributed by atoms with van der Waals surface area (Å²) in [5.74, 6) is 0.877. The minimum atomic E-state index is -3.34. The number of carbonyl (C=O) groups is 1. The van der Waals surface area contributed by atoms with Crippen LogP contribution in [0.4, 0.5) is 11.4 Å². The number of hydrogen-bond acceptors (Lipinski definition) is 3. The number of benzene rings is 1. The summed E-state index contributed by atoms with van der Waals surface area (Å²) in [7, 11) is -3.34. The summed E-state index contributed by atoms with van der Waals surface area (Å²) in [5, 5.41) is 2.95. The second-order valence-corrected chi connectivity index (χ2v) is 9.00. The fourth-order valence-corrected chi connectivity index (χ4v) is 4.08. The molecule has 1 fully saturated rings. The van der Waals surface area contributed by atoms with Gasteiger partial charge in [-0.3, -0.25) is 9.52 Å².